The van der Waals surface area contributed by atoms with Crippen LogP contribution in [-0.2, 0) is 4.79 Å². The number of ether oxygens (including phenoxy) is 2. The number of alkyl halides is 1. The Hall–Kier alpha value is -4.89. The third-order valence-electron chi connectivity index (χ3n) is 10.4. The molecule has 0 aliphatic carbocycles. The molecule has 1 amide bonds. The Bertz CT molecular complexity index is 1990. The topological polar surface area (TPSA) is 163 Å². The maximum Gasteiger partial charge on any atom is 0.319 e. The fourth-order valence-corrected chi connectivity index (χ4v) is 8.43. The van der Waals surface area contributed by atoms with Crippen LogP contribution in [0.3, 0.4) is 0 Å². The molecule has 12 nitrogen and oxygen atoms in total. The molecule has 264 valence electrons. The fraction of sp³-hybridized carbons (Fsp3) is 0.429. The van der Waals surface area contributed by atoms with Gasteiger partial charge >= 0.3 is 6.01 Å². The molecule has 2 bridgehead atoms. The van der Waals surface area contributed by atoms with E-state index in [9.17, 15) is 14.3 Å². The Morgan fingerprint density at radius 3 is 2.60 bits per heavy atom. The normalized spacial score (nSPS) is 24.2. The first-order valence-electron chi connectivity index (χ1n) is 16.5. The molecule has 4 atom stereocenters. The molecule has 8 rings (SSSR count). The zero-order chi connectivity index (χ0) is 35.3. The summed E-state index contributed by atoms with van der Waals surface area (Å²) in [5, 5.41) is 21.5. The number of anilines is 1. The van der Waals surface area contributed by atoms with Gasteiger partial charge in [0.15, 0.2) is 5.82 Å². The number of rotatable bonds is 7. The predicted octanol–water partition coefficient (Wildman–Crippen LogP) is 4.14. The Morgan fingerprint density at radius 2 is 1.90 bits per heavy atom. The van der Waals surface area contributed by atoms with Gasteiger partial charge in [0.2, 0.25) is 0 Å². The maximum absolute atomic E-state index is 17.3. The quantitative estimate of drug-likeness (QED) is 0.206. The largest absolute Gasteiger partial charge is 0.508 e. The third kappa shape index (κ3) is 5.67. The van der Waals surface area contributed by atoms with Crippen molar-refractivity contribution in [3.8, 4) is 28.6 Å². The van der Waals surface area contributed by atoms with Crippen molar-refractivity contribution in [1.29, 1.82) is 0 Å². The Balaban J connectivity index is 0.00000126. The van der Waals surface area contributed by atoms with Gasteiger partial charge in [0.1, 0.15) is 41.4 Å². The van der Waals surface area contributed by atoms with Gasteiger partial charge in [0.25, 0.3) is 12.4 Å². The molecule has 4 aliphatic heterocycles. The molecule has 0 radical (unpaired) electrons. The van der Waals surface area contributed by atoms with E-state index < -0.39 is 29.3 Å². The van der Waals surface area contributed by atoms with Gasteiger partial charge in [-0.3, -0.25) is 14.5 Å². The molecule has 1 unspecified atom stereocenters. The number of nitrogens with two attached hydrogens (primary N) is 1. The number of hydrogen-bond acceptors (Lipinski definition) is 10. The highest BCUT2D eigenvalue weighted by atomic mass is 19.1. The van der Waals surface area contributed by atoms with E-state index in [1.807, 2.05) is 4.90 Å². The first kappa shape index (κ1) is 33.6. The average molecular weight is 695 g/mol. The van der Waals surface area contributed by atoms with E-state index in [0.717, 1.165) is 32.2 Å². The summed E-state index contributed by atoms with van der Waals surface area (Å²) in [6.45, 7) is 2.11. The van der Waals surface area contributed by atoms with E-state index in [1.165, 1.54) is 31.4 Å². The highest BCUT2D eigenvalue weighted by Crippen LogP contribution is 2.47. The third-order valence-corrected chi connectivity index (χ3v) is 10.4. The van der Waals surface area contributed by atoms with Crippen molar-refractivity contribution in [2.24, 2.45) is 5.73 Å². The molecule has 1 aromatic heterocycles. The Kier molecular flexibility index (Phi) is 8.80. The number of phenolic OH excluding ortho intramolecular Hbond substituents is 1. The number of carboxylic acid groups (broad SMARTS) is 1. The minimum atomic E-state index is -1.01. The molecule has 50 heavy (non-hydrogen) atoms. The van der Waals surface area contributed by atoms with Crippen molar-refractivity contribution in [3.05, 3.63) is 47.5 Å². The molecule has 0 spiro atoms. The van der Waals surface area contributed by atoms with Crippen LogP contribution < -0.4 is 25.4 Å². The van der Waals surface area contributed by atoms with Gasteiger partial charge in [-0.2, -0.15) is 9.97 Å². The maximum atomic E-state index is 17.3. The van der Waals surface area contributed by atoms with Crippen molar-refractivity contribution in [1.82, 2.24) is 20.2 Å². The smallest absolute Gasteiger partial charge is 0.319 e. The van der Waals surface area contributed by atoms with E-state index in [0.29, 0.717) is 37.3 Å². The minimum absolute atomic E-state index is 0.0139. The zero-order valence-electron chi connectivity index (χ0n) is 27.3. The van der Waals surface area contributed by atoms with Gasteiger partial charge in [0, 0.05) is 54.7 Å². The number of nitrogens with zero attached hydrogens (tertiary/aromatic N) is 4. The van der Waals surface area contributed by atoms with E-state index in [-0.39, 0.29) is 75.7 Å². The number of hydrogen-bond donors (Lipinski definition) is 4. The Labute approximate surface area is 285 Å². The summed E-state index contributed by atoms with van der Waals surface area (Å²) < 4.78 is 59.3. The van der Waals surface area contributed by atoms with Gasteiger partial charge in [-0.15, -0.1) is 0 Å². The van der Waals surface area contributed by atoms with Crippen LogP contribution in [0, 0.1) is 11.6 Å². The van der Waals surface area contributed by atoms with Crippen LogP contribution in [0.1, 0.15) is 42.5 Å². The first-order valence-corrected chi connectivity index (χ1v) is 16.5. The van der Waals surface area contributed by atoms with Crippen molar-refractivity contribution in [2.45, 2.75) is 55.9 Å². The lowest BCUT2D eigenvalue weighted by Crippen LogP contribution is -2.51. The van der Waals surface area contributed by atoms with Crippen LogP contribution in [0.5, 0.6) is 17.5 Å². The predicted molar refractivity (Wildman–Crippen MR) is 179 cm³/mol. The number of phenols is 1. The summed E-state index contributed by atoms with van der Waals surface area (Å²) in [5.41, 5.74) is 4.44. The van der Waals surface area contributed by atoms with Gasteiger partial charge < -0.3 is 35.6 Å². The number of primary amides is 1. The molecule has 15 heteroatoms. The molecule has 5 N–H and O–H groups in total. The van der Waals surface area contributed by atoms with Crippen LogP contribution in [-0.4, -0.2) is 101 Å². The Morgan fingerprint density at radius 1 is 1.16 bits per heavy atom. The van der Waals surface area contributed by atoms with Crippen molar-refractivity contribution in [2.75, 3.05) is 44.8 Å². The van der Waals surface area contributed by atoms with Crippen LogP contribution in [0.2, 0.25) is 0 Å². The number of methoxy groups -OCH3 is 1. The second-order valence-corrected chi connectivity index (χ2v) is 13.4. The molecule has 4 aromatic rings. The number of aromatic nitrogens is 2. The summed E-state index contributed by atoms with van der Waals surface area (Å²) in [6.07, 6.45) is 2.99. The number of halogens is 3. The zero-order valence-corrected chi connectivity index (χ0v) is 27.3. The highest BCUT2D eigenvalue weighted by molar-refractivity contribution is 6.14. The van der Waals surface area contributed by atoms with Crippen LogP contribution in [0.4, 0.5) is 19.0 Å². The van der Waals surface area contributed by atoms with Crippen molar-refractivity contribution >= 4 is 39.9 Å². The summed E-state index contributed by atoms with van der Waals surface area (Å²) in [7, 11) is 1.33. The second-order valence-electron chi connectivity index (χ2n) is 13.4. The number of aromatic hydroxyl groups is 1. The van der Waals surface area contributed by atoms with E-state index in [1.54, 1.807) is 6.07 Å². The van der Waals surface area contributed by atoms with E-state index >= 15 is 8.78 Å². The molecule has 3 aromatic carbocycles. The number of nitrogens with one attached hydrogen (secondary N) is 1. The highest BCUT2D eigenvalue weighted by Gasteiger charge is 2.49. The SMILES string of the molecule is COc1c(C(N)=O)c(-c2cc(O)cc3cccc(F)c23)c(F)c2nc(OC[C@@]34CCCN3C[C@H](F)C4)nc(N3CC4CC[C@@H](C3)N4)c12.O=CO. The lowest BCUT2D eigenvalue weighted by molar-refractivity contribution is -0.122. The minimum Gasteiger partial charge on any atom is -0.508 e. The van der Waals surface area contributed by atoms with Crippen molar-refractivity contribution < 1.29 is 42.4 Å². The van der Waals surface area contributed by atoms with Crippen LogP contribution in [0.15, 0.2) is 30.3 Å². The second kappa shape index (κ2) is 13.1. The first-order chi connectivity index (χ1) is 24.1. The number of piperazine rings is 1. The lowest BCUT2D eigenvalue weighted by atomic mass is 9.90. The van der Waals surface area contributed by atoms with E-state index in [2.05, 4.69) is 15.2 Å². The summed E-state index contributed by atoms with van der Waals surface area (Å²) in [6, 6.07) is 7.06. The van der Waals surface area contributed by atoms with Crippen LogP contribution in [0.25, 0.3) is 32.8 Å². The summed E-state index contributed by atoms with van der Waals surface area (Å²) in [4.78, 5) is 35.0. The van der Waals surface area contributed by atoms with Gasteiger partial charge in [-0.25, -0.2) is 13.2 Å². The fourth-order valence-electron chi connectivity index (χ4n) is 8.43. The van der Waals surface area contributed by atoms with Gasteiger partial charge in [-0.05, 0) is 55.8 Å². The summed E-state index contributed by atoms with van der Waals surface area (Å²) in [5.74, 6) is -2.69. The van der Waals surface area contributed by atoms with E-state index in [4.69, 9.17) is 30.1 Å². The molecular formula is C35H37F3N6O6. The number of benzene rings is 3. The molecular weight excluding hydrogens is 657 g/mol. The number of amides is 1. The van der Waals surface area contributed by atoms with Crippen LogP contribution >= 0.6 is 0 Å². The summed E-state index contributed by atoms with van der Waals surface area (Å²) >= 11 is 0. The standard InChI is InChI=1S/C34H35F3N6O4.CH2O2/c1-46-30-26(31(38)45)25(22-11-21(44)10-17-4-2-5-23(36)24(17)22)28(37)29-27(30)32(42-14-19-6-7-20(15-42)39-19)41-33(40-29)47-16-34-8-3-9-43(34)13-18(35)12-34;2-1-3/h2,4-5,10-11,18-20,39,44H,3,6-9,12-16H2,1H3,(H2,38,45);1H,(H,2,3)/t18-,19+,20?,34+;/m1./s1. The average Bonchev–Trinajstić information content (AvgIpc) is 3.73. The lowest BCUT2D eigenvalue weighted by Gasteiger charge is -2.35. The number of carbonyl (C=O) groups is 2. The molecule has 4 aliphatic rings. The molecule has 5 heterocycles. The van der Waals surface area contributed by atoms with Gasteiger partial charge in [0.05, 0.1) is 23.6 Å². The number of fused-ring (bicyclic) bond motifs is 5. The van der Waals surface area contributed by atoms with Gasteiger partial charge in [-0.1, -0.05) is 12.1 Å². The van der Waals surface area contributed by atoms with Crippen molar-refractivity contribution in [3.63, 3.8) is 0 Å². The monoisotopic (exact) mass is 694 g/mol. The molecule has 4 saturated heterocycles. The molecule has 4 fully saturated rings. The number of carbonyl (C=O) groups excluding carboxylic acids is 1. The molecule has 0 saturated carbocycles.